The number of hydrogen-bond donors (Lipinski definition) is 2. The van der Waals surface area contributed by atoms with E-state index in [2.05, 4.69) is 0 Å². The molecule has 4 nitrogen and oxygen atoms in total. The van der Waals surface area contributed by atoms with Gasteiger partial charge >= 0.3 is 6.18 Å². The van der Waals surface area contributed by atoms with Crippen LogP contribution in [0.2, 0.25) is 0 Å². The van der Waals surface area contributed by atoms with Crippen molar-refractivity contribution < 1.29 is 27.5 Å². The summed E-state index contributed by atoms with van der Waals surface area (Å²) >= 11 is 0. The molecule has 0 radical (unpaired) electrons. The summed E-state index contributed by atoms with van der Waals surface area (Å²) in [6, 6.07) is 1.37. The molecule has 17 heavy (non-hydrogen) atoms. The molecule has 0 aliphatic heterocycles. The van der Waals surface area contributed by atoms with Crippen LogP contribution >= 0.6 is 0 Å². The molecule has 7 heteroatoms. The Morgan fingerprint density at radius 1 is 1.59 bits per heavy atom. The van der Waals surface area contributed by atoms with Crippen LogP contribution in [0.25, 0.3) is 0 Å². The highest BCUT2D eigenvalue weighted by Crippen LogP contribution is 2.19. The Morgan fingerprint density at radius 2 is 2.24 bits per heavy atom. The van der Waals surface area contributed by atoms with Crippen molar-refractivity contribution in [2.45, 2.75) is 25.6 Å². The van der Waals surface area contributed by atoms with Gasteiger partial charge in [-0.2, -0.15) is 13.2 Å². The summed E-state index contributed by atoms with van der Waals surface area (Å²) in [6.45, 7) is 0.872. The fourth-order valence-corrected chi connectivity index (χ4v) is 1.22. The third kappa shape index (κ3) is 3.48. The molecule has 0 fully saturated rings. The number of furan rings is 1. The molecule has 1 atom stereocenters. The van der Waals surface area contributed by atoms with Crippen LogP contribution in [-0.4, -0.2) is 29.8 Å². The van der Waals surface area contributed by atoms with Gasteiger partial charge in [0.1, 0.15) is 5.76 Å². The molecule has 1 aromatic heterocycles. The zero-order valence-electron chi connectivity index (χ0n) is 9.04. The minimum Gasteiger partial charge on any atom is -0.469 e. The minimum atomic E-state index is -4.74. The number of rotatable bonds is 4. The maximum Gasteiger partial charge on any atom is 0.416 e. The SMILES string of the molecule is CCc1occc1C(=O)NCC(O)C(F)(F)F. The molecule has 0 bridgehead atoms. The monoisotopic (exact) mass is 251 g/mol. The molecule has 0 spiro atoms. The predicted molar refractivity (Wildman–Crippen MR) is 52.5 cm³/mol. The topological polar surface area (TPSA) is 62.5 Å². The second-order valence-electron chi connectivity index (χ2n) is 3.38. The van der Waals surface area contributed by atoms with E-state index in [-0.39, 0.29) is 5.56 Å². The number of carbonyl (C=O) groups excluding carboxylic acids is 1. The van der Waals surface area contributed by atoms with Crippen LogP contribution in [0.5, 0.6) is 0 Å². The van der Waals surface area contributed by atoms with Crippen LogP contribution in [0.15, 0.2) is 16.7 Å². The van der Waals surface area contributed by atoms with Gasteiger partial charge in [0.2, 0.25) is 0 Å². The Hall–Kier alpha value is -1.50. The number of aliphatic hydroxyl groups excluding tert-OH is 1. The fraction of sp³-hybridized carbons (Fsp3) is 0.500. The summed E-state index contributed by atoms with van der Waals surface area (Å²) in [5, 5.41) is 10.7. The van der Waals surface area contributed by atoms with E-state index in [1.165, 1.54) is 12.3 Å². The summed E-state index contributed by atoms with van der Waals surface area (Å²) in [4.78, 5) is 11.5. The highest BCUT2D eigenvalue weighted by Gasteiger charge is 2.38. The van der Waals surface area contributed by atoms with Crippen LogP contribution < -0.4 is 5.32 Å². The zero-order valence-corrected chi connectivity index (χ0v) is 9.04. The van der Waals surface area contributed by atoms with Crippen molar-refractivity contribution in [2.24, 2.45) is 0 Å². The molecule has 0 aromatic carbocycles. The molecule has 96 valence electrons. The quantitative estimate of drug-likeness (QED) is 0.852. The smallest absolute Gasteiger partial charge is 0.416 e. The molecule has 1 heterocycles. The molecule has 0 aliphatic rings. The van der Waals surface area contributed by atoms with E-state index in [4.69, 9.17) is 9.52 Å². The Balaban J connectivity index is 2.57. The number of amides is 1. The zero-order chi connectivity index (χ0) is 13.1. The van der Waals surface area contributed by atoms with Crippen molar-refractivity contribution in [1.82, 2.24) is 5.32 Å². The molecule has 0 aliphatic carbocycles. The number of alkyl halides is 3. The Bertz CT molecular complexity index is 386. The summed E-state index contributed by atoms with van der Waals surface area (Å²) in [7, 11) is 0. The standard InChI is InChI=1S/C10H12F3NO3/c1-2-7-6(3-4-17-7)9(16)14-5-8(15)10(11,12)13/h3-4,8,15H,2,5H2,1H3,(H,14,16). The lowest BCUT2D eigenvalue weighted by molar-refractivity contribution is -0.201. The molecular formula is C10H12F3NO3. The van der Waals surface area contributed by atoms with Gasteiger partial charge in [-0.3, -0.25) is 4.79 Å². The first-order chi connectivity index (χ1) is 7.86. The Labute approximate surface area is 95.4 Å². The number of hydrogen-bond acceptors (Lipinski definition) is 3. The maximum absolute atomic E-state index is 12.0. The third-order valence-electron chi connectivity index (χ3n) is 2.14. The van der Waals surface area contributed by atoms with E-state index in [9.17, 15) is 18.0 Å². The second kappa shape index (κ2) is 5.22. The van der Waals surface area contributed by atoms with Crippen LogP contribution in [-0.2, 0) is 6.42 Å². The molecule has 0 saturated heterocycles. The van der Waals surface area contributed by atoms with Crippen molar-refractivity contribution in [2.75, 3.05) is 6.54 Å². The lowest BCUT2D eigenvalue weighted by Crippen LogP contribution is -2.40. The van der Waals surface area contributed by atoms with Gasteiger partial charge in [0.15, 0.2) is 6.10 Å². The van der Waals surface area contributed by atoms with Crippen LogP contribution in [0.4, 0.5) is 13.2 Å². The van der Waals surface area contributed by atoms with Crippen molar-refractivity contribution in [3.8, 4) is 0 Å². The Kier molecular flexibility index (Phi) is 4.17. The Morgan fingerprint density at radius 3 is 2.76 bits per heavy atom. The lowest BCUT2D eigenvalue weighted by atomic mass is 10.2. The molecule has 1 unspecified atom stereocenters. The normalized spacial score (nSPS) is 13.5. The maximum atomic E-state index is 12.0. The first kappa shape index (κ1) is 13.6. The van der Waals surface area contributed by atoms with E-state index in [1.54, 1.807) is 6.92 Å². The van der Waals surface area contributed by atoms with E-state index in [1.807, 2.05) is 5.32 Å². The molecule has 2 N–H and O–H groups in total. The summed E-state index contributed by atoms with van der Waals surface area (Å²) in [6.07, 6.45) is -5.56. The van der Waals surface area contributed by atoms with Gasteiger partial charge in [0.25, 0.3) is 5.91 Å². The molecular weight excluding hydrogens is 239 g/mol. The van der Waals surface area contributed by atoms with Crippen molar-refractivity contribution in [1.29, 1.82) is 0 Å². The van der Waals surface area contributed by atoms with Crippen LogP contribution in [0.1, 0.15) is 23.0 Å². The third-order valence-corrected chi connectivity index (χ3v) is 2.14. The first-order valence-corrected chi connectivity index (χ1v) is 4.95. The summed E-state index contributed by atoms with van der Waals surface area (Å²) in [5.74, 6) is -0.303. The van der Waals surface area contributed by atoms with Gasteiger partial charge in [-0.15, -0.1) is 0 Å². The predicted octanol–water partition coefficient (Wildman–Crippen LogP) is 1.50. The number of aliphatic hydroxyl groups is 1. The van der Waals surface area contributed by atoms with Gasteiger partial charge in [0.05, 0.1) is 18.4 Å². The minimum absolute atomic E-state index is 0.182. The van der Waals surface area contributed by atoms with Gasteiger partial charge in [-0.1, -0.05) is 6.92 Å². The summed E-state index contributed by atoms with van der Waals surface area (Å²) < 4.78 is 40.9. The average molecular weight is 251 g/mol. The largest absolute Gasteiger partial charge is 0.469 e. The van der Waals surface area contributed by atoms with Crippen molar-refractivity contribution in [3.05, 3.63) is 23.7 Å². The number of carbonyl (C=O) groups is 1. The second-order valence-corrected chi connectivity index (χ2v) is 3.38. The van der Waals surface area contributed by atoms with Gasteiger partial charge in [0, 0.05) is 6.42 Å². The molecule has 0 saturated carbocycles. The molecule has 1 amide bonds. The summed E-state index contributed by atoms with van der Waals surface area (Å²) in [5.41, 5.74) is 0.182. The van der Waals surface area contributed by atoms with E-state index in [0.29, 0.717) is 12.2 Å². The number of nitrogens with one attached hydrogen (secondary N) is 1. The average Bonchev–Trinajstić information content (AvgIpc) is 2.71. The fourth-order valence-electron chi connectivity index (χ4n) is 1.22. The lowest BCUT2D eigenvalue weighted by Gasteiger charge is -2.14. The van der Waals surface area contributed by atoms with Gasteiger partial charge in [-0.25, -0.2) is 0 Å². The molecule has 1 aromatic rings. The highest BCUT2D eigenvalue weighted by atomic mass is 19.4. The van der Waals surface area contributed by atoms with E-state index in [0.717, 1.165) is 0 Å². The van der Waals surface area contributed by atoms with Crippen molar-refractivity contribution >= 4 is 5.91 Å². The van der Waals surface area contributed by atoms with Gasteiger partial charge < -0.3 is 14.8 Å². The first-order valence-electron chi connectivity index (χ1n) is 4.95. The van der Waals surface area contributed by atoms with Crippen LogP contribution in [0.3, 0.4) is 0 Å². The number of aryl methyl sites for hydroxylation is 1. The molecule has 1 rings (SSSR count). The van der Waals surface area contributed by atoms with E-state index >= 15 is 0 Å². The van der Waals surface area contributed by atoms with E-state index < -0.39 is 24.7 Å². The van der Waals surface area contributed by atoms with Gasteiger partial charge in [-0.05, 0) is 6.07 Å². The van der Waals surface area contributed by atoms with Crippen molar-refractivity contribution in [3.63, 3.8) is 0 Å². The number of halogens is 3. The van der Waals surface area contributed by atoms with Crippen LogP contribution in [0, 0.1) is 0 Å². The highest BCUT2D eigenvalue weighted by molar-refractivity contribution is 5.95.